The minimum Gasteiger partial charge on any atom is -0.256 e. The molecule has 9 heterocycles. The van der Waals surface area contributed by atoms with E-state index >= 15 is 0 Å². The van der Waals surface area contributed by atoms with Gasteiger partial charge in [-0.15, -0.1) is 0 Å². The van der Waals surface area contributed by atoms with Gasteiger partial charge in [-0.05, 0) is 198 Å². The Balaban J connectivity index is 0.000000108. The molecule has 576 valence electrons. The van der Waals surface area contributed by atoms with Crippen LogP contribution in [0.3, 0.4) is 0 Å². The molecule has 0 spiro atoms. The summed E-state index contributed by atoms with van der Waals surface area (Å²) in [6.45, 7) is 0. The summed E-state index contributed by atoms with van der Waals surface area (Å²) in [5.74, 6) is 0. The zero-order chi connectivity index (χ0) is 82.0. The first-order valence-corrected chi connectivity index (χ1v) is 41.7. The van der Waals surface area contributed by atoms with Crippen LogP contribution in [-0.2, 0) is 0 Å². The van der Waals surface area contributed by atoms with Crippen LogP contribution >= 0.6 is 0 Å². The van der Waals surface area contributed by atoms with Crippen LogP contribution in [0.2, 0.25) is 0 Å². The normalized spacial score (nSPS) is 11.5. The van der Waals surface area contributed by atoms with E-state index in [-0.39, 0.29) is 0 Å². The highest BCUT2D eigenvalue weighted by molar-refractivity contribution is 6.14. The molecule has 25 rings (SSSR count). The highest BCUT2D eigenvalue weighted by Gasteiger charge is 2.18. The second-order valence-electron chi connectivity index (χ2n) is 31.5. The molecule has 9 nitrogen and oxygen atoms in total. The fraction of sp³-hybridized carbons (Fsp3) is 0. The van der Waals surface area contributed by atoms with Gasteiger partial charge in [0, 0.05) is 100 Å². The number of nitrogens with zero attached hydrogens (tertiary/aromatic N) is 9. The average molecular weight is 1580 g/mol. The molecule has 9 heteroatoms. The fourth-order valence-electron chi connectivity index (χ4n) is 17.7. The maximum Gasteiger partial charge on any atom is 0.0795 e. The van der Waals surface area contributed by atoms with Gasteiger partial charge in [-0.1, -0.05) is 291 Å². The molecule has 9 aromatic heterocycles. The van der Waals surface area contributed by atoms with Crippen LogP contribution < -0.4 is 0 Å². The predicted molar refractivity (Wildman–Crippen MR) is 516 cm³/mol. The van der Waals surface area contributed by atoms with Gasteiger partial charge in [-0.2, -0.15) is 0 Å². The van der Waals surface area contributed by atoms with Crippen molar-refractivity contribution in [2.75, 3.05) is 0 Å². The summed E-state index contributed by atoms with van der Waals surface area (Å²) in [6, 6.07) is 145. The first-order valence-electron chi connectivity index (χ1n) is 41.7. The van der Waals surface area contributed by atoms with Crippen molar-refractivity contribution in [1.29, 1.82) is 0 Å². The molecule has 25 aromatic rings. The van der Waals surface area contributed by atoms with E-state index in [0.717, 1.165) is 199 Å². The molecule has 0 aliphatic heterocycles. The minimum absolute atomic E-state index is 0.926. The summed E-state index contributed by atoms with van der Waals surface area (Å²) >= 11 is 0. The van der Waals surface area contributed by atoms with E-state index in [0.29, 0.717) is 0 Å². The van der Waals surface area contributed by atoms with Gasteiger partial charge in [-0.25, -0.2) is 29.9 Å². The van der Waals surface area contributed by atoms with Crippen LogP contribution in [0.25, 0.3) is 242 Å². The van der Waals surface area contributed by atoms with Crippen LogP contribution in [0.5, 0.6) is 0 Å². The highest BCUT2D eigenvalue weighted by atomic mass is 14.8. The van der Waals surface area contributed by atoms with E-state index in [4.69, 9.17) is 29.9 Å². The second kappa shape index (κ2) is 30.9. The molecule has 0 bridgehead atoms. The smallest absolute Gasteiger partial charge is 0.0795 e. The summed E-state index contributed by atoms with van der Waals surface area (Å²) in [6.07, 6.45) is 5.52. The van der Waals surface area contributed by atoms with Gasteiger partial charge in [0.05, 0.1) is 83.8 Å². The maximum atomic E-state index is 5.14. The van der Waals surface area contributed by atoms with Crippen molar-refractivity contribution in [2.45, 2.75) is 0 Å². The molecule has 16 aromatic carbocycles. The Morgan fingerprint density at radius 2 is 0.427 bits per heavy atom. The molecule has 0 N–H and O–H groups in total. The molecular weight excluding hydrogens is 1510 g/mol. The van der Waals surface area contributed by atoms with Gasteiger partial charge in [-0.3, -0.25) is 15.0 Å². The van der Waals surface area contributed by atoms with Gasteiger partial charge in [0.15, 0.2) is 0 Å². The molecular formula is C115H71N9. The van der Waals surface area contributed by atoms with E-state index in [2.05, 4.69) is 409 Å². The molecule has 124 heavy (non-hydrogen) atoms. The second-order valence-corrected chi connectivity index (χ2v) is 31.5. The number of para-hydroxylation sites is 3. The van der Waals surface area contributed by atoms with Crippen LogP contribution in [0, 0.1) is 0 Å². The minimum atomic E-state index is 0.926. The largest absolute Gasteiger partial charge is 0.256 e. The first-order chi connectivity index (χ1) is 61.4. The number of hydrogen-bond acceptors (Lipinski definition) is 9. The molecule has 0 saturated heterocycles. The molecule has 0 fully saturated rings. The van der Waals surface area contributed by atoms with Crippen molar-refractivity contribution in [1.82, 2.24) is 44.9 Å². The lowest BCUT2D eigenvalue weighted by atomic mass is 9.95. The van der Waals surface area contributed by atoms with Crippen molar-refractivity contribution in [3.63, 3.8) is 0 Å². The monoisotopic (exact) mass is 1580 g/mol. The molecule has 0 aliphatic carbocycles. The van der Waals surface area contributed by atoms with Crippen molar-refractivity contribution in [3.8, 4) is 101 Å². The van der Waals surface area contributed by atoms with E-state index in [1.165, 1.54) is 43.1 Å². The first kappa shape index (κ1) is 72.5. The predicted octanol–water partition coefficient (Wildman–Crippen LogP) is 29.6. The number of hydrogen-bond donors (Lipinski definition) is 0. The third-order valence-corrected chi connectivity index (χ3v) is 24.0. The average Bonchev–Trinajstić information content (AvgIpc) is 0.792. The Morgan fingerprint density at radius 3 is 0.911 bits per heavy atom. The van der Waals surface area contributed by atoms with E-state index in [9.17, 15) is 0 Å². The van der Waals surface area contributed by atoms with Gasteiger partial charge >= 0.3 is 0 Å². The topological polar surface area (TPSA) is 116 Å². The zero-order valence-corrected chi connectivity index (χ0v) is 67.0. The Morgan fingerprint density at radius 1 is 0.129 bits per heavy atom. The van der Waals surface area contributed by atoms with Gasteiger partial charge < -0.3 is 0 Å². The van der Waals surface area contributed by atoms with Gasteiger partial charge in [0.2, 0.25) is 0 Å². The highest BCUT2D eigenvalue weighted by Crippen LogP contribution is 2.40. The van der Waals surface area contributed by atoms with Gasteiger partial charge in [0.1, 0.15) is 0 Å². The number of aromatic nitrogens is 9. The summed E-state index contributed by atoms with van der Waals surface area (Å²) in [5.41, 5.74) is 27.9. The quantitative estimate of drug-likeness (QED) is 0.130. The van der Waals surface area contributed by atoms with E-state index in [1.54, 1.807) is 0 Å². The Bertz CT molecular complexity index is 8590. The van der Waals surface area contributed by atoms with Crippen molar-refractivity contribution in [2.24, 2.45) is 0 Å². The van der Waals surface area contributed by atoms with Crippen LogP contribution in [0.15, 0.2) is 431 Å². The number of pyridine rings is 9. The summed E-state index contributed by atoms with van der Waals surface area (Å²) in [7, 11) is 0. The van der Waals surface area contributed by atoms with Crippen LogP contribution in [0.4, 0.5) is 0 Å². The lowest BCUT2D eigenvalue weighted by Gasteiger charge is -2.12. The Hall–Kier alpha value is -16.8. The summed E-state index contributed by atoms with van der Waals surface area (Å²) in [5, 5.41) is 19.9. The maximum absolute atomic E-state index is 5.14. The number of rotatable bonds is 9. The lowest BCUT2D eigenvalue weighted by molar-refractivity contribution is 1.37. The lowest BCUT2D eigenvalue weighted by Crippen LogP contribution is -1.90. The summed E-state index contributed by atoms with van der Waals surface area (Å²) < 4.78 is 0. The van der Waals surface area contributed by atoms with E-state index in [1.807, 2.05) is 36.8 Å². The van der Waals surface area contributed by atoms with Crippen LogP contribution in [0.1, 0.15) is 0 Å². The SMILES string of the molecule is c1ccc2c(-c3ccc4cc(-c5ccc6ccc(-c7cccc8cccnc78)nc6c5)ccc4n3)cccc2c1.c1ccc2cc(-c3ccc4cc(-c5ccc6ccc(-c7cccc8cccnc78)nc6c5)ccc4n3)ccc2c1.c1cnc2c(-c3ccc4ccc(-c5ccc6nc(-c7cc8ccccc8c8ccccc78)ccc6c5)cc4n3)cccc2c1. The molecule has 0 radical (unpaired) electrons. The molecule has 0 saturated carbocycles. The molecule has 0 unspecified atom stereocenters. The van der Waals surface area contributed by atoms with Crippen LogP contribution in [-0.4, -0.2) is 44.9 Å². The Labute approximate surface area is 713 Å². The fourth-order valence-corrected chi connectivity index (χ4v) is 17.7. The van der Waals surface area contributed by atoms with Crippen molar-refractivity contribution >= 4 is 141 Å². The molecule has 0 aliphatic rings. The standard InChI is InChI=1S/C41H25N3.2C37H23N3/c1-2-10-32-30(7-1)24-36(34-12-4-3-11-33(32)34)39-21-18-31-23-28(17-19-37(31)43-39)29-15-14-26-16-20-38(44-40(26)25-29)35-13-5-8-27-9-6-22-42-41(27)35;1-2-10-30-24(6-1)7-3-11-31(30)34-20-17-29-22-27(16-18-33(29)39-34)28-14-13-25-15-19-35(40-36(25)23-28)32-12-4-8-26-9-5-21-38-37(26)32;1-2-6-27-21-30(13-10-24(27)5-1)34-18-16-31-22-28(15-17-33(31)39-34)29-12-11-25-14-19-35(40-36(25)23-29)32-9-3-7-26-8-4-20-38-37(26)32/h1-25H;2*1-23H. The third-order valence-electron chi connectivity index (χ3n) is 24.0. The third kappa shape index (κ3) is 13.7. The summed E-state index contributed by atoms with van der Waals surface area (Å²) in [4.78, 5) is 44.3. The molecule has 0 amide bonds. The van der Waals surface area contributed by atoms with Gasteiger partial charge in [0.25, 0.3) is 0 Å². The number of fused-ring (bicyclic) bond motifs is 14. The number of benzene rings is 16. The van der Waals surface area contributed by atoms with Crippen molar-refractivity contribution < 1.29 is 0 Å². The van der Waals surface area contributed by atoms with E-state index < -0.39 is 0 Å². The van der Waals surface area contributed by atoms with Crippen molar-refractivity contribution in [3.05, 3.63) is 431 Å². The molecule has 0 atom stereocenters. The Kier molecular flexibility index (Phi) is 18.0. The zero-order valence-electron chi connectivity index (χ0n) is 67.0.